The number of rotatable bonds is 5. The van der Waals surface area contributed by atoms with Gasteiger partial charge in [-0.15, -0.1) is 0 Å². The first kappa shape index (κ1) is 17.8. The molecule has 1 N–H and O–H groups in total. The summed E-state index contributed by atoms with van der Waals surface area (Å²) in [6, 6.07) is 9.81. The topological polar surface area (TPSA) is 66.8 Å². The third kappa shape index (κ3) is 4.74. The van der Waals surface area contributed by atoms with Crippen molar-refractivity contribution in [3.8, 4) is 5.75 Å². The Bertz CT molecular complexity index is 581. The Morgan fingerprint density at radius 1 is 1.04 bits per heavy atom. The van der Waals surface area contributed by atoms with Crippen molar-refractivity contribution >= 4 is 11.9 Å². The number of hydrogen-bond donors (Lipinski definition) is 1. The highest BCUT2D eigenvalue weighted by molar-refractivity contribution is 5.80. The molecule has 1 saturated heterocycles. The minimum absolute atomic E-state index is 0.105. The van der Waals surface area contributed by atoms with Gasteiger partial charge < -0.3 is 14.7 Å². The molecule has 0 bridgehead atoms. The molecule has 136 valence electrons. The molecule has 2 fully saturated rings. The third-order valence-corrected chi connectivity index (χ3v) is 5.53. The number of aliphatic carboxylic acids is 1. The number of para-hydroxylation sites is 1. The number of carboxylic acids is 1. The fourth-order valence-electron chi connectivity index (χ4n) is 3.95. The second-order valence-electron chi connectivity index (χ2n) is 7.29. The minimum Gasteiger partial charge on any atom is -0.493 e. The van der Waals surface area contributed by atoms with Gasteiger partial charge in [-0.05, 0) is 50.2 Å². The van der Waals surface area contributed by atoms with Crippen LogP contribution in [0.2, 0.25) is 0 Å². The maximum absolute atomic E-state index is 12.7. The van der Waals surface area contributed by atoms with E-state index in [2.05, 4.69) is 0 Å². The second-order valence-corrected chi connectivity index (χ2v) is 7.29. The molecule has 2 atom stereocenters. The van der Waals surface area contributed by atoms with Crippen molar-refractivity contribution in [3.05, 3.63) is 30.3 Å². The molecule has 1 saturated carbocycles. The van der Waals surface area contributed by atoms with Gasteiger partial charge in [-0.3, -0.25) is 9.59 Å². The summed E-state index contributed by atoms with van der Waals surface area (Å²) in [5.74, 6) is 0.319. The summed E-state index contributed by atoms with van der Waals surface area (Å²) in [6.45, 7) is 2.21. The van der Waals surface area contributed by atoms with Crippen LogP contribution in [0.3, 0.4) is 0 Å². The van der Waals surface area contributed by atoms with Crippen LogP contribution in [0.1, 0.15) is 38.5 Å². The lowest BCUT2D eigenvalue weighted by atomic mass is 9.80. The smallest absolute Gasteiger partial charge is 0.306 e. The van der Waals surface area contributed by atoms with Crippen molar-refractivity contribution in [3.63, 3.8) is 0 Å². The highest BCUT2D eigenvalue weighted by atomic mass is 16.5. The Hall–Kier alpha value is -2.04. The SMILES string of the molecule is O=C(O)C1CCCC(C(=O)N2CCC(COc3ccccc3)CC2)C1. The monoisotopic (exact) mass is 345 g/mol. The van der Waals surface area contributed by atoms with Crippen LogP contribution in [0.15, 0.2) is 30.3 Å². The maximum atomic E-state index is 12.7. The minimum atomic E-state index is -0.755. The molecule has 5 heteroatoms. The van der Waals surface area contributed by atoms with E-state index in [0.717, 1.165) is 44.5 Å². The van der Waals surface area contributed by atoms with Crippen molar-refractivity contribution in [2.75, 3.05) is 19.7 Å². The van der Waals surface area contributed by atoms with Gasteiger partial charge in [-0.2, -0.15) is 0 Å². The number of carbonyl (C=O) groups excluding carboxylic acids is 1. The van der Waals surface area contributed by atoms with Gasteiger partial charge >= 0.3 is 5.97 Å². The molecular weight excluding hydrogens is 318 g/mol. The molecule has 2 unspecified atom stereocenters. The largest absolute Gasteiger partial charge is 0.493 e. The first-order valence-electron chi connectivity index (χ1n) is 9.33. The molecule has 0 radical (unpaired) electrons. The van der Waals surface area contributed by atoms with Crippen molar-refractivity contribution in [2.45, 2.75) is 38.5 Å². The molecule has 25 heavy (non-hydrogen) atoms. The fraction of sp³-hybridized carbons (Fsp3) is 0.600. The molecule has 0 aromatic heterocycles. The Morgan fingerprint density at radius 2 is 1.72 bits per heavy atom. The number of amides is 1. The highest BCUT2D eigenvalue weighted by Crippen LogP contribution is 2.31. The number of carbonyl (C=O) groups is 2. The van der Waals surface area contributed by atoms with Crippen LogP contribution in [0.4, 0.5) is 0 Å². The van der Waals surface area contributed by atoms with Gasteiger partial charge in [0.1, 0.15) is 5.75 Å². The van der Waals surface area contributed by atoms with E-state index in [9.17, 15) is 14.7 Å². The number of hydrogen-bond acceptors (Lipinski definition) is 3. The predicted molar refractivity (Wildman–Crippen MR) is 94.3 cm³/mol. The van der Waals surface area contributed by atoms with E-state index in [1.165, 1.54) is 0 Å². The molecule has 3 rings (SSSR count). The van der Waals surface area contributed by atoms with E-state index in [0.29, 0.717) is 25.4 Å². The first-order valence-corrected chi connectivity index (χ1v) is 9.33. The zero-order chi connectivity index (χ0) is 17.6. The van der Waals surface area contributed by atoms with Gasteiger partial charge in [-0.25, -0.2) is 0 Å². The summed E-state index contributed by atoms with van der Waals surface area (Å²) in [5, 5.41) is 9.20. The van der Waals surface area contributed by atoms with Crippen molar-refractivity contribution < 1.29 is 19.4 Å². The molecule has 1 aromatic carbocycles. The van der Waals surface area contributed by atoms with Crippen molar-refractivity contribution in [2.24, 2.45) is 17.8 Å². The van der Waals surface area contributed by atoms with E-state index >= 15 is 0 Å². The van der Waals surface area contributed by atoms with Crippen LogP contribution < -0.4 is 4.74 Å². The average Bonchev–Trinajstić information content (AvgIpc) is 2.67. The molecule has 5 nitrogen and oxygen atoms in total. The molecule has 2 aliphatic rings. The zero-order valence-corrected chi connectivity index (χ0v) is 14.6. The Labute approximate surface area is 149 Å². The standard InChI is InChI=1S/C20H27NO4/c22-19(16-5-4-6-17(13-16)20(23)24)21-11-9-15(10-12-21)14-25-18-7-2-1-3-8-18/h1-3,7-8,15-17H,4-6,9-14H2,(H,23,24). The summed E-state index contributed by atoms with van der Waals surface area (Å²) < 4.78 is 5.83. The molecule has 1 amide bonds. The van der Waals surface area contributed by atoms with Gasteiger partial charge in [0, 0.05) is 19.0 Å². The molecule has 1 aliphatic carbocycles. The maximum Gasteiger partial charge on any atom is 0.306 e. The second kappa shape index (κ2) is 8.37. The quantitative estimate of drug-likeness (QED) is 0.890. The fourth-order valence-corrected chi connectivity index (χ4v) is 3.95. The third-order valence-electron chi connectivity index (χ3n) is 5.53. The number of likely N-dealkylation sites (tertiary alicyclic amines) is 1. The lowest BCUT2D eigenvalue weighted by Gasteiger charge is -2.36. The molecule has 0 spiro atoms. The molecule has 1 aromatic rings. The number of ether oxygens (including phenoxy) is 1. The molecular formula is C20H27NO4. The highest BCUT2D eigenvalue weighted by Gasteiger charge is 2.34. The van der Waals surface area contributed by atoms with Gasteiger partial charge in [-0.1, -0.05) is 24.6 Å². The first-order chi connectivity index (χ1) is 12.1. The Morgan fingerprint density at radius 3 is 2.40 bits per heavy atom. The van der Waals surface area contributed by atoms with E-state index < -0.39 is 5.97 Å². The lowest BCUT2D eigenvalue weighted by molar-refractivity contribution is -0.146. The average molecular weight is 345 g/mol. The zero-order valence-electron chi connectivity index (χ0n) is 14.6. The predicted octanol–water partition coefficient (Wildman–Crippen LogP) is 3.20. The number of nitrogens with zero attached hydrogens (tertiary/aromatic N) is 1. The van der Waals surface area contributed by atoms with Gasteiger partial charge in [0.2, 0.25) is 5.91 Å². The summed E-state index contributed by atoms with van der Waals surface area (Å²) >= 11 is 0. The van der Waals surface area contributed by atoms with Gasteiger partial charge in [0.25, 0.3) is 0 Å². The van der Waals surface area contributed by atoms with Crippen molar-refractivity contribution in [1.29, 1.82) is 0 Å². The van der Waals surface area contributed by atoms with Crippen LogP contribution in [-0.2, 0) is 9.59 Å². The Kier molecular flexibility index (Phi) is 5.95. The van der Waals surface area contributed by atoms with Crippen LogP contribution in [-0.4, -0.2) is 41.6 Å². The van der Waals surface area contributed by atoms with Crippen LogP contribution in [0.25, 0.3) is 0 Å². The van der Waals surface area contributed by atoms with E-state index in [4.69, 9.17) is 4.74 Å². The van der Waals surface area contributed by atoms with Crippen LogP contribution >= 0.6 is 0 Å². The molecule has 1 heterocycles. The van der Waals surface area contributed by atoms with Crippen LogP contribution in [0, 0.1) is 17.8 Å². The van der Waals surface area contributed by atoms with Gasteiger partial charge in [0.05, 0.1) is 12.5 Å². The van der Waals surface area contributed by atoms with E-state index in [1.807, 2.05) is 35.2 Å². The summed E-state index contributed by atoms with van der Waals surface area (Å²) in [5.41, 5.74) is 0. The van der Waals surface area contributed by atoms with E-state index in [1.54, 1.807) is 0 Å². The Balaban J connectivity index is 1.43. The number of piperidine rings is 1. The molecule has 1 aliphatic heterocycles. The number of carboxylic acid groups (broad SMARTS) is 1. The van der Waals surface area contributed by atoms with Crippen molar-refractivity contribution in [1.82, 2.24) is 4.90 Å². The summed E-state index contributed by atoms with van der Waals surface area (Å²) in [7, 11) is 0. The van der Waals surface area contributed by atoms with Crippen LogP contribution in [0.5, 0.6) is 5.75 Å². The summed E-state index contributed by atoms with van der Waals surface area (Å²) in [6.07, 6.45) is 4.79. The normalized spacial score (nSPS) is 24.7. The number of benzene rings is 1. The van der Waals surface area contributed by atoms with E-state index in [-0.39, 0.29) is 17.7 Å². The lowest BCUT2D eigenvalue weighted by Crippen LogP contribution is -2.44. The summed E-state index contributed by atoms with van der Waals surface area (Å²) in [4.78, 5) is 25.8. The van der Waals surface area contributed by atoms with Gasteiger partial charge in [0.15, 0.2) is 0 Å².